The van der Waals surface area contributed by atoms with Crippen LogP contribution >= 0.6 is 11.6 Å². The van der Waals surface area contributed by atoms with E-state index < -0.39 is 0 Å². The van der Waals surface area contributed by atoms with E-state index in [2.05, 4.69) is 11.4 Å². The number of carbonyl (C=O) groups excluding carboxylic acids is 1. The van der Waals surface area contributed by atoms with Crippen LogP contribution in [0.25, 0.3) is 10.8 Å². The lowest BCUT2D eigenvalue weighted by Crippen LogP contribution is -2.14. The van der Waals surface area contributed by atoms with Crippen LogP contribution in [0, 0.1) is 0 Å². The number of carbonyl (C=O) groups is 1. The molecule has 0 atom stereocenters. The average molecular weight is 326 g/mol. The number of halogens is 1. The number of hydrogen-bond donors (Lipinski definition) is 1. The molecule has 3 aromatic rings. The minimum Gasteiger partial charge on any atom is -0.495 e. The van der Waals surface area contributed by atoms with Crippen molar-refractivity contribution in [2.24, 2.45) is 0 Å². The smallest absolute Gasteiger partial charge is 0.181 e. The highest BCUT2D eigenvalue weighted by Gasteiger charge is 2.09. The predicted molar refractivity (Wildman–Crippen MR) is 94.8 cm³/mol. The first-order valence-corrected chi connectivity index (χ1v) is 7.64. The van der Waals surface area contributed by atoms with Crippen molar-refractivity contribution in [2.45, 2.75) is 0 Å². The van der Waals surface area contributed by atoms with Crippen LogP contribution < -0.4 is 10.1 Å². The highest BCUT2D eigenvalue weighted by atomic mass is 35.5. The van der Waals surface area contributed by atoms with E-state index in [0.29, 0.717) is 16.3 Å². The molecular formula is C19H16ClNO2. The predicted octanol–water partition coefficient (Wildman–Crippen LogP) is 4.80. The zero-order chi connectivity index (χ0) is 16.2. The number of anilines is 1. The van der Waals surface area contributed by atoms with Gasteiger partial charge in [-0.1, -0.05) is 41.9 Å². The summed E-state index contributed by atoms with van der Waals surface area (Å²) in [5, 5.41) is 5.90. The fourth-order valence-corrected chi connectivity index (χ4v) is 2.68. The molecule has 0 amide bonds. The number of fused-ring (bicyclic) bond motifs is 1. The molecule has 0 aromatic heterocycles. The lowest BCUT2D eigenvalue weighted by Gasteiger charge is -2.08. The third-order valence-corrected chi connectivity index (χ3v) is 3.97. The molecule has 0 saturated heterocycles. The molecule has 1 N–H and O–H groups in total. The van der Waals surface area contributed by atoms with Gasteiger partial charge in [-0.05, 0) is 41.1 Å². The highest BCUT2D eigenvalue weighted by molar-refractivity contribution is 6.32. The first kappa shape index (κ1) is 15.4. The Labute approximate surface area is 139 Å². The van der Waals surface area contributed by atoms with Crippen molar-refractivity contribution in [1.29, 1.82) is 0 Å². The van der Waals surface area contributed by atoms with Crippen LogP contribution in [0.5, 0.6) is 5.75 Å². The van der Waals surface area contributed by atoms with Crippen molar-refractivity contribution in [3.63, 3.8) is 0 Å². The summed E-state index contributed by atoms with van der Waals surface area (Å²) in [5.74, 6) is 0.536. The van der Waals surface area contributed by atoms with E-state index in [1.165, 1.54) is 5.39 Å². The topological polar surface area (TPSA) is 38.3 Å². The molecule has 0 bridgehead atoms. The summed E-state index contributed by atoms with van der Waals surface area (Å²) in [7, 11) is 1.55. The van der Waals surface area contributed by atoms with Gasteiger partial charge in [-0.25, -0.2) is 0 Å². The highest BCUT2D eigenvalue weighted by Crippen LogP contribution is 2.25. The maximum absolute atomic E-state index is 12.3. The molecule has 0 unspecified atom stereocenters. The number of nitrogens with one attached hydrogen (secondary N) is 1. The zero-order valence-electron chi connectivity index (χ0n) is 12.7. The summed E-state index contributed by atoms with van der Waals surface area (Å²) in [6.45, 7) is 0.209. The van der Waals surface area contributed by atoms with E-state index in [0.717, 1.165) is 11.1 Å². The van der Waals surface area contributed by atoms with E-state index in [9.17, 15) is 4.79 Å². The molecule has 116 valence electrons. The van der Waals surface area contributed by atoms with Crippen molar-refractivity contribution in [1.82, 2.24) is 0 Å². The van der Waals surface area contributed by atoms with Crippen LogP contribution in [0.2, 0.25) is 5.02 Å². The maximum Gasteiger partial charge on any atom is 0.181 e. The standard InChI is InChI=1S/C19H16ClNO2/c1-23-19-9-7-15(11-17(19)20)18(22)12-21-16-8-6-13-4-2-3-5-14(13)10-16/h2-11,21H,12H2,1H3. The van der Waals surface area contributed by atoms with Crippen molar-refractivity contribution in [3.05, 3.63) is 71.2 Å². The largest absolute Gasteiger partial charge is 0.495 e. The number of rotatable bonds is 5. The van der Waals surface area contributed by atoms with Gasteiger partial charge in [0.1, 0.15) is 5.75 Å². The van der Waals surface area contributed by atoms with Crippen LogP contribution in [0.15, 0.2) is 60.7 Å². The molecule has 0 aliphatic heterocycles. The fourth-order valence-electron chi connectivity index (χ4n) is 2.42. The van der Waals surface area contributed by atoms with E-state index in [4.69, 9.17) is 16.3 Å². The number of ketones is 1. The number of hydrogen-bond acceptors (Lipinski definition) is 3. The third kappa shape index (κ3) is 3.46. The molecule has 0 aliphatic rings. The quantitative estimate of drug-likeness (QED) is 0.685. The summed E-state index contributed by atoms with van der Waals surface area (Å²) in [5.41, 5.74) is 1.47. The fraction of sp³-hybridized carbons (Fsp3) is 0.105. The Morgan fingerprint density at radius 3 is 2.57 bits per heavy atom. The van der Waals surface area contributed by atoms with Gasteiger partial charge in [-0.3, -0.25) is 4.79 Å². The van der Waals surface area contributed by atoms with Gasteiger partial charge in [0.15, 0.2) is 5.78 Å². The Bertz CT molecular complexity index is 861. The van der Waals surface area contributed by atoms with Gasteiger partial charge in [0.25, 0.3) is 0 Å². The van der Waals surface area contributed by atoms with E-state index in [-0.39, 0.29) is 12.3 Å². The summed E-state index contributed by atoms with van der Waals surface area (Å²) < 4.78 is 5.09. The van der Waals surface area contributed by atoms with Gasteiger partial charge in [-0.2, -0.15) is 0 Å². The molecule has 0 radical (unpaired) electrons. The lowest BCUT2D eigenvalue weighted by molar-refractivity contribution is 0.101. The maximum atomic E-state index is 12.3. The molecule has 3 nitrogen and oxygen atoms in total. The molecule has 4 heteroatoms. The van der Waals surface area contributed by atoms with Crippen LogP contribution in [0.4, 0.5) is 5.69 Å². The second kappa shape index (κ2) is 6.71. The van der Waals surface area contributed by atoms with Crippen molar-refractivity contribution < 1.29 is 9.53 Å². The summed E-state index contributed by atoms with van der Waals surface area (Å²) in [4.78, 5) is 12.3. The van der Waals surface area contributed by atoms with Crippen molar-refractivity contribution >= 4 is 33.8 Å². The zero-order valence-corrected chi connectivity index (χ0v) is 13.4. The molecule has 3 aromatic carbocycles. The van der Waals surface area contributed by atoms with Crippen molar-refractivity contribution in [2.75, 3.05) is 19.0 Å². The van der Waals surface area contributed by atoms with Gasteiger partial charge < -0.3 is 10.1 Å². The van der Waals surface area contributed by atoms with Crippen LogP contribution in [0.3, 0.4) is 0 Å². The van der Waals surface area contributed by atoms with E-state index in [1.54, 1.807) is 25.3 Å². The van der Waals surface area contributed by atoms with Crippen LogP contribution in [-0.2, 0) is 0 Å². The Balaban J connectivity index is 1.71. The molecule has 0 fully saturated rings. The molecule has 3 rings (SSSR count). The van der Waals surface area contributed by atoms with Crippen molar-refractivity contribution in [3.8, 4) is 5.75 Å². The molecular weight excluding hydrogens is 310 g/mol. The van der Waals surface area contributed by atoms with E-state index in [1.807, 2.05) is 36.4 Å². The Kier molecular flexibility index (Phi) is 4.49. The molecule has 0 spiro atoms. The normalized spacial score (nSPS) is 10.5. The first-order chi connectivity index (χ1) is 11.2. The van der Waals surface area contributed by atoms with Crippen LogP contribution in [0.1, 0.15) is 10.4 Å². The lowest BCUT2D eigenvalue weighted by atomic mass is 10.1. The Morgan fingerprint density at radius 2 is 1.83 bits per heavy atom. The third-order valence-electron chi connectivity index (χ3n) is 3.68. The van der Waals surface area contributed by atoms with Gasteiger partial charge in [0, 0.05) is 11.3 Å². The average Bonchev–Trinajstić information content (AvgIpc) is 2.59. The molecule has 0 aliphatic carbocycles. The minimum absolute atomic E-state index is 0.0253. The Morgan fingerprint density at radius 1 is 1.04 bits per heavy atom. The van der Waals surface area contributed by atoms with E-state index >= 15 is 0 Å². The summed E-state index contributed by atoms with van der Waals surface area (Å²) >= 11 is 6.06. The number of ether oxygens (including phenoxy) is 1. The number of Topliss-reactive ketones (excluding diaryl/α,β-unsaturated/α-hetero) is 1. The minimum atomic E-state index is -0.0253. The first-order valence-electron chi connectivity index (χ1n) is 7.27. The number of benzene rings is 3. The van der Waals surface area contributed by atoms with Crippen LogP contribution in [-0.4, -0.2) is 19.4 Å². The molecule has 0 saturated carbocycles. The second-order valence-corrected chi connectivity index (χ2v) is 5.60. The number of methoxy groups -OCH3 is 1. The summed E-state index contributed by atoms with van der Waals surface area (Å²) in [6, 6.07) is 19.2. The molecule has 0 heterocycles. The Hall–Kier alpha value is -2.52. The SMILES string of the molecule is COc1ccc(C(=O)CNc2ccc3ccccc3c2)cc1Cl. The van der Waals surface area contributed by atoms with Gasteiger partial charge in [0.05, 0.1) is 18.7 Å². The monoisotopic (exact) mass is 325 g/mol. The van der Waals surface area contributed by atoms with Gasteiger partial charge in [-0.15, -0.1) is 0 Å². The van der Waals surface area contributed by atoms with Gasteiger partial charge >= 0.3 is 0 Å². The molecule has 23 heavy (non-hydrogen) atoms. The summed E-state index contributed by atoms with van der Waals surface area (Å²) in [6.07, 6.45) is 0. The van der Waals surface area contributed by atoms with Gasteiger partial charge in [0.2, 0.25) is 0 Å². The second-order valence-electron chi connectivity index (χ2n) is 5.19.